The highest BCUT2D eigenvalue weighted by atomic mass is 15.1. The minimum absolute atomic E-state index is 0.452. The van der Waals surface area contributed by atoms with Crippen molar-refractivity contribution >= 4 is 38.6 Å². The van der Waals surface area contributed by atoms with Crippen molar-refractivity contribution in [2.45, 2.75) is 26.2 Å². The SMILES string of the molecule is CCC(C)c1cccc2c(-c3ccc(N(c4ccccc4)c4ccccc4)cc3)c3ccccc3c(-c3ccccc3)c12. The number of anilines is 3. The maximum Gasteiger partial charge on any atom is 0.0462 e. The zero-order chi connectivity index (χ0) is 29.2. The lowest BCUT2D eigenvalue weighted by atomic mass is 9.81. The maximum absolute atomic E-state index is 2.36. The number of fused-ring (bicyclic) bond motifs is 2. The molecule has 0 aliphatic rings. The molecule has 0 radical (unpaired) electrons. The molecule has 7 aromatic rings. The summed E-state index contributed by atoms with van der Waals surface area (Å²) in [6.07, 6.45) is 1.10. The van der Waals surface area contributed by atoms with Gasteiger partial charge in [-0.05, 0) is 98.1 Å². The normalized spacial score (nSPS) is 12.0. The number of benzene rings is 7. The molecule has 0 aromatic heterocycles. The summed E-state index contributed by atoms with van der Waals surface area (Å²) in [5.74, 6) is 0.452. The Hall–Kier alpha value is -5.14. The Morgan fingerprint density at radius 3 is 1.49 bits per heavy atom. The zero-order valence-electron chi connectivity index (χ0n) is 24.7. The van der Waals surface area contributed by atoms with Gasteiger partial charge in [-0.1, -0.05) is 135 Å². The van der Waals surface area contributed by atoms with Crippen LogP contribution in [0.25, 0.3) is 43.8 Å². The predicted octanol–water partition coefficient (Wildman–Crippen LogP) is 12.3. The average Bonchev–Trinajstić information content (AvgIpc) is 3.08. The van der Waals surface area contributed by atoms with Crippen LogP contribution < -0.4 is 4.90 Å². The van der Waals surface area contributed by atoms with Gasteiger partial charge in [-0.2, -0.15) is 0 Å². The fourth-order valence-corrected chi connectivity index (χ4v) is 6.48. The Balaban J connectivity index is 1.48. The summed E-state index contributed by atoms with van der Waals surface area (Å²) >= 11 is 0. The summed E-state index contributed by atoms with van der Waals surface area (Å²) in [5.41, 5.74) is 9.97. The molecule has 43 heavy (non-hydrogen) atoms. The molecule has 7 rings (SSSR count). The third kappa shape index (κ3) is 4.87. The molecule has 1 unspecified atom stereocenters. The molecule has 208 valence electrons. The number of hydrogen-bond donors (Lipinski definition) is 0. The standard InChI is InChI=1S/C42H35N/c1-3-30(2)36-24-15-25-39-40(37-22-13-14-23-38(37)41(42(36)39)31-16-7-4-8-17-31)32-26-28-35(29-27-32)43(33-18-9-5-10-19-33)34-20-11-6-12-21-34/h4-30H,3H2,1-2H3. The van der Waals surface area contributed by atoms with Crippen LogP contribution in [-0.2, 0) is 0 Å². The number of rotatable bonds is 7. The molecule has 0 spiro atoms. The van der Waals surface area contributed by atoms with Gasteiger partial charge in [-0.25, -0.2) is 0 Å². The van der Waals surface area contributed by atoms with E-state index in [-0.39, 0.29) is 0 Å². The molecular formula is C42H35N. The molecule has 1 heteroatoms. The fourth-order valence-electron chi connectivity index (χ4n) is 6.48. The van der Waals surface area contributed by atoms with Crippen molar-refractivity contribution in [3.05, 3.63) is 163 Å². The van der Waals surface area contributed by atoms with E-state index in [1.165, 1.54) is 49.4 Å². The van der Waals surface area contributed by atoms with Gasteiger partial charge < -0.3 is 4.90 Å². The molecule has 0 saturated carbocycles. The van der Waals surface area contributed by atoms with Gasteiger partial charge in [0, 0.05) is 17.1 Å². The first-order chi connectivity index (χ1) is 21.2. The van der Waals surface area contributed by atoms with Crippen molar-refractivity contribution in [1.82, 2.24) is 0 Å². The summed E-state index contributed by atoms with van der Waals surface area (Å²) in [6, 6.07) is 57.1. The van der Waals surface area contributed by atoms with E-state index in [9.17, 15) is 0 Å². The second kappa shape index (κ2) is 11.6. The smallest absolute Gasteiger partial charge is 0.0462 e. The van der Waals surface area contributed by atoms with Gasteiger partial charge in [0.25, 0.3) is 0 Å². The van der Waals surface area contributed by atoms with Gasteiger partial charge in [0.1, 0.15) is 0 Å². The van der Waals surface area contributed by atoms with Gasteiger partial charge in [-0.3, -0.25) is 0 Å². The highest BCUT2D eigenvalue weighted by Crippen LogP contribution is 2.47. The van der Waals surface area contributed by atoms with E-state index in [2.05, 4.69) is 176 Å². The first-order valence-corrected chi connectivity index (χ1v) is 15.3. The third-order valence-corrected chi connectivity index (χ3v) is 8.73. The minimum atomic E-state index is 0.452. The van der Waals surface area contributed by atoms with Gasteiger partial charge in [-0.15, -0.1) is 0 Å². The lowest BCUT2D eigenvalue weighted by Gasteiger charge is -2.26. The second-order valence-corrected chi connectivity index (χ2v) is 11.3. The lowest BCUT2D eigenvalue weighted by molar-refractivity contribution is 0.740. The largest absolute Gasteiger partial charge is 0.311 e. The highest BCUT2D eigenvalue weighted by Gasteiger charge is 2.21. The van der Waals surface area contributed by atoms with Crippen LogP contribution in [0.4, 0.5) is 17.1 Å². The molecule has 0 heterocycles. The quantitative estimate of drug-likeness (QED) is 0.177. The van der Waals surface area contributed by atoms with Crippen molar-refractivity contribution in [2.75, 3.05) is 4.90 Å². The topological polar surface area (TPSA) is 3.24 Å². The van der Waals surface area contributed by atoms with E-state index >= 15 is 0 Å². The molecule has 0 aliphatic carbocycles. The van der Waals surface area contributed by atoms with Gasteiger partial charge >= 0.3 is 0 Å². The molecular weight excluding hydrogens is 518 g/mol. The summed E-state index contributed by atoms with van der Waals surface area (Å²) in [5, 5.41) is 5.26. The average molecular weight is 554 g/mol. The second-order valence-electron chi connectivity index (χ2n) is 11.3. The Labute approximate surface area is 254 Å². The van der Waals surface area contributed by atoms with Crippen molar-refractivity contribution in [3.8, 4) is 22.3 Å². The van der Waals surface area contributed by atoms with E-state index in [1.807, 2.05) is 0 Å². The summed E-state index contributed by atoms with van der Waals surface area (Å²) < 4.78 is 0. The van der Waals surface area contributed by atoms with Gasteiger partial charge in [0.2, 0.25) is 0 Å². The number of nitrogens with zero attached hydrogens (tertiary/aromatic N) is 1. The molecule has 0 bridgehead atoms. The van der Waals surface area contributed by atoms with E-state index in [1.54, 1.807) is 0 Å². The van der Waals surface area contributed by atoms with Crippen molar-refractivity contribution < 1.29 is 0 Å². The van der Waals surface area contributed by atoms with Crippen LogP contribution in [-0.4, -0.2) is 0 Å². The van der Waals surface area contributed by atoms with E-state index in [0.717, 1.165) is 23.5 Å². The zero-order valence-corrected chi connectivity index (χ0v) is 24.7. The monoisotopic (exact) mass is 553 g/mol. The van der Waals surface area contributed by atoms with Crippen molar-refractivity contribution in [3.63, 3.8) is 0 Å². The fraction of sp³-hybridized carbons (Fsp3) is 0.0952. The van der Waals surface area contributed by atoms with Crippen LogP contribution in [0, 0.1) is 0 Å². The minimum Gasteiger partial charge on any atom is -0.311 e. The van der Waals surface area contributed by atoms with Gasteiger partial charge in [0.05, 0.1) is 0 Å². The Kier molecular flexibility index (Phi) is 7.23. The van der Waals surface area contributed by atoms with Gasteiger partial charge in [0.15, 0.2) is 0 Å². The Bertz CT molecular complexity index is 1950. The van der Waals surface area contributed by atoms with Crippen LogP contribution in [0.1, 0.15) is 31.7 Å². The molecule has 7 aromatic carbocycles. The van der Waals surface area contributed by atoms with Crippen molar-refractivity contribution in [2.24, 2.45) is 0 Å². The number of para-hydroxylation sites is 2. The third-order valence-electron chi connectivity index (χ3n) is 8.73. The Morgan fingerprint density at radius 1 is 0.442 bits per heavy atom. The van der Waals surface area contributed by atoms with Crippen LogP contribution in [0.15, 0.2) is 158 Å². The van der Waals surface area contributed by atoms with E-state index < -0.39 is 0 Å². The summed E-state index contributed by atoms with van der Waals surface area (Å²) in [4.78, 5) is 2.32. The molecule has 1 nitrogen and oxygen atoms in total. The highest BCUT2D eigenvalue weighted by molar-refractivity contribution is 6.22. The van der Waals surface area contributed by atoms with Crippen LogP contribution in [0.2, 0.25) is 0 Å². The van der Waals surface area contributed by atoms with Crippen LogP contribution >= 0.6 is 0 Å². The Morgan fingerprint density at radius 2 is 0.907 bits per heavy atom. The molecule has 0 saturated heterocycles. The van der Waals surface area contributed by atoms with Crippen LogP contribution in [0.5, 0.6) is 0 Å². The van der Waals surface area contributed by atoms with Crippen molar-refractivity contribution in [1.29, 1.82) is 0 Å². The molecule has 0 aliphatic heterocycles. The first kappa shape index (κ1) is 26.7. The first-order valence-electron chi connectivity index (χ1n) is 15.3. The molecule has 1 atom stereocenters. The molecule has 0 N–H and O–H groups in total. The maximum atomic E-state index is 2.36. The number of hydrogen-bond acceptors (Lipinski definition) is 1. The molecule has 0 amide bonds. The summed E-state index contributed by atoms with van der Waals surface area (Å²) in [6.45, 7) is 4.65. The summed E-state index contributed by atoms with van der Waals surface area (Å²) in [7, 11) is 0. The molecule has 0 fully saturated rings. The lowest BCUT2D eigenvalue weighted by Crippen LogP contribution is -2.09. The van der Waals surface area contributed by atoms with Crippen LogP contribution in [0.3, 0.4) is 0 Å². The van der Waals surface area contributed by atoms with E-state index in [0.29, 0.717) is 5.92 Å². The predicted molar refractivity (Wildman–Crippen MR) is 186 cm³/mol. The van der Waals surface area contributed by atoms with E-state index in [4.69, 9.17) is 0 Å².